The predicted octanol–water partition coefficient (Wildman–Crippen LogP) is 3.88. The fourth-order valence-corrected chi connectivity index (χ4v) is 3.31. The van der Waals surface area contributed by atoms with Crippen molar-refractivity contribution >= 4 is 17.0 Å². The van der Waals surface area contributed by atoms with Gasteiger partial charge in [0, 0.05) is 13.0 Å². The quantitative estimate of drug-likeness (QED) is 0.907. The molecule has 1 aromatic carbocycles. The molecule has 0 saturated heterocycles. The second-order valence-corrected chi connectivity index (χ2v) is 6.51. The Morgan fingerprint density at radius 3 is 2.76 bits per heavy atom. The number of rotatable bonds is 5. The van der Waals surface area contributed by atoms with Crippen molar-refractivity contribution in [2.24, 2.45) is 5.41 Å². The number of carboxylic acid groups (broad SMARTS) is 1. The minimum Gasteiger partial charge on any atom is -0.478 e. The molecule has 21 heavy (non-hydrogen) atoms. The zero-order valence-corrected chi connectivity index (χ0v) is 12.7. The van der Waals surface area contributed by atoms with Gasteiger partial charge in [0.15, 0.2) is 0 Å². The van der Waals surface area contributed by atoms with Crippen LogP contribution in [0.3, 0.4) is 0 Å². The van der Waals surface area contributed by atoms with E-state index in [1.165, 1.54) is 19.3 Å². The van der Waals surface area contributed by atoms with Crippen LogP contribution in [0.15, 0.2) is 18.2 Å². The number of imidazole rings is 1. The first-order chi connectivity index (χ1) is 10.0. The Hall–Kier alpha value is -1.84. The molecule has 1 aromatic heterocycles. The van der Waals surface area contributed by atoms with Crippen LogP contribution >= 0.6 is 0 Å². The average molecular weight is 286 g/mol. The van der Waals surface area contributed by atoms with Crippen LogP contribution in [-0.2, 0) is 13.0 Å². The molecule has 1 aliphatic rings. The highest BCUT2D eigenvalue weighted by Gasteiger charge is 2.33. The Morgan fingerprint density at radius 1 is 1.43 bits per heavy atom. The number of nitrogens with zero attached hydrogens (tertiary/aromatic N) is 2. The van der Waals surface area contributed by atoms with E-state index in [2.05, 4.69) is 23.4 Å². The fourth-order valence-electron chi connectivity index (χ4n) is 3.31. The standard InChI is InChI=1S/C17H22N2O2/c1-3-6-14-18-13-8-4-7-12(16(20)21)15(13)19(14)11-17(2)9-5-10-17/h4,7-8H,3,5-6,9-11H2,1-2H3,(H,20,21). The largest absolute Gasteiger partial charge is 0.478 e. The maximum absolute atomic E-state index is 11.5. The third kappa shape index (κ3) is 2.43. The molecule has 0 spiro atoms. The molecule has 1 fully saturated rings. The van der Waals surface area contributed by atoms with Gasteiger partial charge in [0.25, 0.3) is 0 Å². The molecule has 1 heterocycles. The molecule has 3 rings (SSSR count). The van der Waals surface area contributed by atoms with E-state index in [9.17, 15) is 9.90 Å². The lowest BCUT2D eigenvalue weighted by molar-refractivity contribution is 0.0698. The highest BCUT2D eigenvalue weighted by atomic mass is 16.4. The first-order valence-corrected chi connectivity index (χ1v) is 7.75. The first-order valence-electron chi connectivity index (χ1n) is 7.75. The van der Waals surface area contributed by atoms with Crippen molar-refractivity contribution in [1.29, 1.82) is 0 Å². The van der Waals surface area contributed by atoms with E-state index in [-0.39, 0.29) is 0 Å². The second-order valence-electron chi connectivity index (χ2n) is 6.51. The smallest absolute Gasteiger partial charge is 0.337 e. The number of aromatic nitrogens is 2. The molecule has 2 aromatic rings. The second kappa shape index (κ2) is 5.17. The van der Waals surface area contributed by atoms with Crippen molar-refractivity contribution in [3.8, 4) is 0 Å². The number of hydrogen-bond acceptors (Lipinski definition) is 2. The Balaban J connectivity index is 2.16. The average Bonchev–Trinajstić information content (AvgIpc) is 2.75. The molecule has 4 heteroatoms. The van der Waals surface area contributed by atoms with Crippen LogP contribution in [0.1, 0.15) is 55.7 Å². The predicted molar refractivity (Wildman–Crippen MR) is 82.6 cm³/mol. The summed E-state index contributed by atoms with van der Waals surface area (Å²) in [6, 6.07) is 5.38. The first kappa shape index (κ1) is 14.1. The van der Waals surface area contributed by atoms with Crippen molar-refractivity contribution in [2.45, 2.75) is 52.5 Å². The van der Waals surface area contributed by atoms with E-state index in [0.29, 0.717) is 11.0 Å². The summed E-state index contributed by atoms with van der Waals surface area (Å²) in [5, 5.41) is 9.47. The number of benzene rings is 1. The van der Waals surface area contributed by atoms with Crippen LogP contribution in [0.2, 0.25) is 0 Å². The molecular weight excluding hydrogens is 264 g/mol. The zero-order chi connectivity index (χ0) is 15.0. The van der Waals surface area contributed by atoms with Gasteiger partial charge in [-0.05, 0) is 36.8 Å². The number of aromatic carboxylic acids is 1. The van der Waals surface area contributed by atoms with E-state index in [1.54, 1.807) is 12.1 Å². The Bertz CT molecular complexity index is 683. The van der Waals surface area contributed by atoms with Gasteiger partial charge in [0.2, 0.25) is 0 Å². The summed E-state index contributed by atoms with van der Waals surface area (Å²) in [5.74, 6) is 0.151. The van der Waals surface area contributed by atoms with Gasteiger partial charge in [-0.1, -0.05) is 26.3 Å². The lowest BCUT2D eigenvalue weighted by Gasteiger charge is -2.39. The van der Waals surface area contributed by atoms with Crippen molar-refractivity contribution in [3.05, 3.63) is 29.6 Å². The van der Waals surface area contributed by atoms with Gasteiger partial charge in [-0.2, -0.15) is 0 Å². The summed E-state index contributed by atoms with van der Waals surface area (Å²) in [6.45, 7) is 5.30. The Morgan fingerprint density at radius 2 is 2.19 bits per heavy atom. The van der Waals surface area contributed by atoms with Gasteiger partial charge >= 0.3 is 5.97 Å². The third-order valence-corrected chi connectivity index (χ3v) is 4.65. The molecule has 0 radical (unpaired) electrons. The van der Waals surface area contributed by atoms with Crippen LogP contribution in [0, 0.1) is 5.41 Å². The van der Waals surface area contributed by atoms with Gasteiger partial charge in [-0.15, -0.1) is 0 Å². The maximum Gasteiger partial charge on any atom is 0.337 e. The van der Waals surface area contributed by atoms with Crippen LogP contribution in [0.4, 0.5) is 0 Å². The molecule has 112 valence electrons. The molecule has 1 aliphatic carbocycles. The lowest BCUT2D eigenvalue weighted by Crippen LogP contribution is -2.31. The highest BCUT2D eigenvalue weighted by molar-refractivity contribution is 6.01. The van der Waals surface area contributed by atoms with Crippen molar-refractivity contribution in [1.82, 2.24) is 9.55 Å². The number of carboxylic acids is 1. The summed E-state index contributed by atoms with van der Waals surface area (Å²) >= 11 is 0. The van der Waals surface area contributed by atoms with E-state index in [0.717, 1.165) is 36.2 Å². The summed E-state index contributed by atoms with van der Waals surface area (Å²) in [5.41, 5.74) is 2.26. The number of hydrogen-bond donors (Lipinski definition) is 1. The van der Waals surface area contributed by atoms with Crippen LogP contribution in [0.5, 0.6) is 0 Å². The molecule has 1 N–H and O–H groups in total. The summed E-state index contributed by atoms with van der Waals surface area (Å²) in [7, 11) is 0. The van der Waals surface area contributed by atoms with E-state index in [4.69, 9.17) is 0 Å². The van der Waals surface area contributed by atoms with Gasteiger partial charge in [-0.25, -0.2) is 9.78 Å². The Labute approximate surface area is 124 Å². The lowest BCUT2D eigenvalue weighted by atomic mass is 9.70. The monoisotopic (exact) mass is 286 g/mol. The zero-order valence-electron chi connectivity index (χ0n) is 12.7. The third-order valence-electron chi connectivity index (χ3n) is 4.65. The topological polar surface area (TPSA) is 55.1 Å². The summed E-state index contributed by atoms with van der Waals surface area (Å²) in [4.78, 5) is 16.2. The Kier molecular flexibility index (Phi) is 3.47. The van der Waals surface area contributed by atoms with Crippen LogP contribution in [0.25, 0.3) is 11.0 Å². The van der Waals surface area contributed by atoms with Gasteiger partial charge < -0.3 is 9.67 Å². The number of fused-ring (bicyclic) bond motifs is 1. The number of para-hydroxylation sites is 1. The van der Waals surface area contributed by atoms with Gasteiger partial charge in [0.1, 0.15) is 5.82 Å². The van der Waals surface area contributed by atoms with Gasteiger partial charge in [-0.3, -0.25) is 0 Å². The molecule has 0 atom stereocenters. The molecule has 0 unspecified atom stereocenters. The molecule has 0 bridgehead atoms. The number of aryl methyl sites for hydroxylation is 1. The van der Waals surface area contributed by atoms with Crippen molar-refractivity contribution in [3.63, 3.8) is 0 Å². The molecule has 4 nitrogen and oxygen atoms in total. The van der Waals surface area contributed by atoms with E-state index >= 15 is 0 Å². The van der Waals surface area contributed by atoms with E-state index in [1.807, 2.05) is 6.07 Å². The van der Waals surface area contributed by atoms with Crippen molar-refractivity contribution in [2.75, 3.05) is 0 Å². The number of carbonyl (C=O) groups is 1. The molecular formula is C17H22N2O2. The summed E-state index contributed by atoms with van der Waals surface area (Å²) < 4.78 is 2.17. The minimum atomic E-state index is -0.872. The van der Waals surface area contributed by atoms with E-state index < -0.39 is 5.97 Å². The van der Waals surface area contributed by atoms with Crippen LogP contribution in [-0.4, -0.2) is 20.6 Å². The fraction of sp³-hybridized carbons (Fsp3) is 0.529. The molecule has 0 aliphatic heterocycles. The van der Waals surface area contributed by atoms with Gasteiger partial charge in [0.05, 0.1) is 16.6 Å². The normalized spacial score (nSPS) is 16.9. The molecule has 0 amide bonds. The maximum atomic E-state index is 11.5. The minimum absolute atomic E-state index is 0.293. The SMILES string of the molecule is CCCc1nc2cccc(C(=O)O)c2n1CC1(C)CCC1. The van der Waals surface area contributed by atoms with Crippen LogP contribution < -0.4 is 0 Å². The molecule has 1 saturated carbocycles. The summed E-state index contributed by atoms with van der Waals surface area (Å²) in [6.07, 6.45) is 5.62. The highest BCUT2D eigenvalue weighted by Crippen LogP contribution is 2.42. The van der Waals surface area contributed by atoms with Crippen molar-refractivity contribution < 1.29 is 9.90 Å².